The third kappa shape index (κ3) is 3.59. The maximum absolute atomic E-state index is 12.4. The number of allylic oxidation sites excluding steroid dienone is 1. The largest absolute Gasteiger partial charge is 0.293 e. The lowest BCUT2D eigenvalue weighted by molar-refractivity contribution is -0.121. The number of hydrogen-bond donors (Lipinski definition) is 0. The van der Waals surface area contributed by atoms with E-state index >= 15 is 0 Å². The Morgan fingerprint density at radius 1 is 1.38 bits per heavy atom. The van der Waals surface area contributed by atoms with Crippen LogP contribution in [0.3, 0.4) is 0 Å². The first-order chi connectivity index (χ1) is 11.0. The van der Waals surface area contributed by atoms with Gasteiger partial charge in [-0.1, -0.05) is 20.8 Å². The predicted octanol–water partition coefficient (Wildman–Crippen LogP) is 2.38. The van der Waals surface area contributed by atoms with Gasteiger partial charge in [0.15, 0.2) is 15.6 Å². The Balaban J connectivity index is 2.44. The smallest absolute Gasteiger partial charge is 0.178 e. The third-order valence-corrected chi connectivity index (χ3v) is 6.02. The number of nitrogens with zero attached hydrogens (tertiary/aromatic N) is 3. The monoisotopic (exact) mass is 349 g/mol. The Labute approximate surface area is 143 Å². The van der Waals surface area contributed by atoms with Gasteiger partial charge in [-0.05, 0) is 26.3 Å². The van der Waals surface area contributed by atoms with Gasteiger partial charge in [-0.15, -0.1) is 0 Å². The molecule has 1 aliphatic rings. The van der Waals surface area contributed by atoms with Crippen molar-refractivity contribution in [3.8, 4) is 6.07 Å². The lowest BCUT2D eigenvalue weighted by Gasteiger charge is -2.15. The average molecular weight is 349 g/mol. The van der Waals surface area contributed by atoms with E-state index in [1.54, 1.807) is 38.5 Å². The van der Waals surface area contributed by atoms with Gasteiger partial charge in [0.05, 0.1) is 28.8 Å². The molecule has 0 N–H and O–H groups in total. The van der Waals surface area contributed by atoms with Gasteiger partial charge in [-0.3, -0.25) is 9.48 Å². The number of aromatic nitrogens is 2. The summed E-state index contributed by atoms with van der Waals surface area (Å²) in [7, 11) is -3.01. The maximum Gasteiger partial charge on any atom is 0.178 e. The van der Waals surface area contributed by atoms with Gasteiger partial charge >= 0.3 is 0 Å². The van der Waals surface area contributed by atoms with E-state index in [0.29, 0.717) is 17.7 Å². The van der Waals surface area contributed by atoms with Gasteiger partial charge in [0.25, 0.3) is 0 Å². The standard InChI is InChI=1S/C17H23N3O3S/c1-11-15(8-13(9-18)16(21)17(3,4)5)12(2)20(19-11)14-6-7-24(22,23)10-14/h8,14H,6-7,10H2,1-5H3/b13-8+/t14-/m1/s1. The molecule has 1 aromatic rings. The zero-order valence-corrected chi connectivity index (χ0v) is 15.6. The summed E-state index contributed by atoms with van der Waals surface area (Å²) in [6, 6.07) is 1.80. The van der Waals surface area contributed by atoms with Crippen molar-refractivity contribution in [1.82, 2.24) is 9.78 Å². The highest BCUT2D eigenvalue weighted by atomic mass is 32.2. The molecule has 1 aromatic heterocycles. The number of aryl methyl sites for hydroxylation is 1. The second-order valence-electron chi connectivity index (χ2n) is 7.33. The Hall–Kier alpha value is -1.94. The second-order valence-corrected chi connectivity index (χ2v) is 9.56. The van der Waals surface area contributed by atoms with Gasteiger partial charge in [0.2, 0.25) is 0 Å². The van der Waals surface area contributed by atoms with E-state index in [2.05, 4.69) is 5.10 Å². The molecule has 2 rings (SSSR count). The fraction of sp³-hybridized carbons (Fsp3) is 0.588. The molecule has 1 aliphatic heterocycles. The highest BCUT2D eigenvalue weighted by Gasteiger charge is 2.32. The molecule has 1 fully saturated rings. The lowest BCUT2D eigenvalue weighted by Crippen LogP contribution is -2.21. The molecular formula is C17H23N3O3S. The fourth-order valence-corrected chi connectivity index (χ4v) is 4.60. The number of carbonyl (C=O) groups excluding carboxylic acids is 1. The van der Waals surface area contributed by atoms with E-state index < -0.39 is 15.3 Å². The molecule has 0 saturated carbocycles. The van der Waals surface area contributed by atoms with Crippen LogP contribution in [0.1, 0.15) is 50.2 Å². The van der Waals surface area contributed by atoms with Crippen LogP contribution in [-0.2, 0) is 14.6 Å². The molecule has 0 aliphatic carbocycles. The van der Waals surface area contributed by atoms with E-state index in [0.717, 1.165) is 5.69 Å². The zero-order chi connectivity index (χ0) is 18.3. The summed E-state index contributed by atoms with van der Waals surface area (Å²) in [6.45, 7) is 8.95. The molecule has 0 radical (unpaired) electrons. The number of Topliss-reactive ketones (excluding diaryl/α,β-unsaturated/α-hetero) is 1. The summed E-state index contributed by atoms with van der Waals surface area (Å²) in [4.78, 5) is 12.4. The Kier molecular flexibility index (Phi) is 4.73. The van der Waals surface area contributed by atoms with Crippen LogP contribution in [0, 0.1) is 30.6 Å². The average Bonchev–Trinajstić information content (AvgIpc) is 2.95. The van der Waals surface area contributed by atoms with Crippen molar-refractivity contribution in [2.75, 3.05) is 11.5 Å². The maximum atomic E-state index is 12.4. The van der Waals surface area contributed by atoms with Crippen LogP contribution in [0.5, 0.6) is 0 Å². The summed E-state index contributed by atoms with van der Waals surface area (Å²) in [6.07, 6.45) is 2.12. The van der Waals surface area contributed by atoms with Crippen molar-refractivity contribution in [3.63, 3.8) is 0 Å². The normalized spacial score (nSPS) is 20.8. The van der Waals surface area contributed by atoms with Crippen molar-refractivity contribution in [3.05, 3.63) is 22.5 Å². The first-order valence-corrected chi connectivity index (χ1v) is 9.71. The topological polar surface area (TPSA) is 92.8 Å². The zero-order valence-electron chi connectivity index (χ0n) is 14.8. The number of hydrogen-bond acceptors (Lipinski definition) is 5. The number of carbonyl (C=O) groups is 1. The van der Waals surface area contributed by atoms with Crippen molar-refractivity contribution < 1.29 is 13.2 Å². The molecule has 0 bridgehead atoms. The predicted molar refractivity (Wildman–Crippen MR) is 92.1 cm³/mol. The summed E-state index contributed by atoms with van der Waals surface area (Å²) in [5.74, 6) is 0.0390. The van der Waals surface area contributed by atoms with Crippen LogP contribution >= 0.6 is 0 Å². The van der Waals surface area contributed by atoms with Crippen molar-refractivity contribution in [2.24, 2.45) is 5.41 Å². The molecule has 0 unspecified atom stereocenters. The molecule has 0 aromatic carbocycles. The number of sulfone groups is 1. The molecule has 2 heterocycles. The van der Waals surface area contributed by atoms with Crippen LogP contribution in [0.2, 0.25) is 0 Å². The van der Waals surface area contributed by atoms with Crippen LogP contribution in [0.4, 0.5) is 0 Å². The molecule has 0 spiro atoms. The van der Waals surface area contributed by atoms with Crippen LogP contribution in [-0.4, -0.2) is 35.5 Å². The minimum Gasteiger partial charge on any atom is -0.293 e. The molecule has 1 saturated heterocycles. The first kappa shape index (κ1) is 18.4. The summed E-state index contributed by atoms with van der Waals surface area (Å²) >= 11 is 0. The Morgan fingerprint density at radius 2 is 2.00 bits per heavy atom. The number of rotatable bonds is 3. The SMILES string of the molecule is Cc1nn([C@@H]2CCS(=O)(=O)C2)c(C)c1/C=C(\C#N)C(=O)C(C)(C)C. The van der Waals surface area contributed by atoms with E-state index in [4.69, 9.17) is 0 Å². The minimum atomic E-state index is -3.01. The Morgan fingerprint density at radius 3 is 2.46 bits per heavy atom. The van der Waals surface area contributed by atoms with Crippen LogP contribution in [0.15, 0.2) is 5.57 Å². The Bertz CT molecular complexity index is 849. The molecule has 0 amide bonds. The van der Waals surface area contributed by atoms with Gasteiger partial charge in [-0.25, -0.2) is 8.42 Å². The molecule has 6 nitrogen and oxygen atoms in total. The van der Waals surface area contributed by atoms with Crippen molar-refractivity contribution in [2.45, 2.75) is 47.1 Å². The molecule has 130 valence electrons. The van der Waals surface area contributed by atoms with Crippen LogP contribution in [0.25, 0.3) is 6.08 Å². The molecule has 1 atom stereocenters. The van der Waals surface area contributed by atoms with E-state index in [1.807, 2.05) is 13.0 Å². The van der Waals surface area contributed by atoms with E-state index in [-0.39, 0.29) is 28.9 Å². The second kappa shape index (κ2) is 6.17. The third-order valence-electron chi connectivity index (χ3n) is 4.27. The van der Waals surface area contributed by atoms with Gasteiger partial charge in [-0.2, -0.15) is 10.4 Å². The van der Waals surface area contributed by atoms with Gasteiger partial charge in [0, 0.05) is 16.7 Å². The quantitative estimate of drug-likeness (QED) is 0.617. The van der Waals surface area contributed by atoms with E-state index in [9.17, 15) is 18.5 Å². The molecule has 24 heavy (non-hydrogen) atoms. The molecular weight excluding hydrogens is 326 g/mol. The van der Waals surface area contributed by atoms with Crippen LogP contribution < -0.4 is 0 Å². The first-order valence-electron chi connectivity index (χ1n) is 7.89. The fourth-order valence-electron chi connectivity index (χ4n) is 2.91. The highest BCUT2D eigenvalue weighted by molar-refractivity contribution is 7.91. The number of ketones is 1. The van der Waals surface area contributed by atoms with Crippen molar-refractivity contribution >= 4 is 21.7 Å². The highest BCUT2D eigenvalue weighted by Crippen LogP contribution is 2.28. The van der Waals surface area contributed by atoms with Crippen molar-refractivity contribution in [1.29, 1.82) is 5.26 Å². The van der Waals surface area contributed by atoms with Gasteiger partial charge in [0.1, 0.15) is 6.07 Å². The van der Waals surface area contributed by atoms with E-state index in [1.165, 1.54) is 0 Å². The summed E-state index contributed by atoms with van der Waals surface area (Å²) < 4.78 is 25.1. The van der Waals surface area contributed by atoms with Gasteiger partial charge < -0.3 is 0 Å². The number of nitriles is 1. The summed E-state index contributed by atoms with van der Waals surface area (Å²) in [5.41, 5.74) is 1.63. The molecule has 7 heteroatoms. The lowest BCUT2D eigenvalue weighted by atomic mass is 9.86. The summed E-state index contributed by atoms with van der Waals surface area (Å²) in [5, 5.41) is 13.8. The minimum absolute atomic E-state index is 0.0874.